The zero-order valence-electron chi connectivity index (χ0n) is 8.67. The van der Waals surface area contributed by atoms with Gasteiger partial charge in [-0.3, -0.25) is 9.78 Å². The lowest BCUT2D eigenvalue weighted by Crippen LogP contribution is -2.21. The fraction of sp³-hybridized carbons (Fsp3) is 0.333. The van der Waals surface area contributed by atoms with Crippen molar-refractivity contribution in [3.05, 3.63) is 23.0 Å². The predicted molar refractivity (Wildman–Crippen MR) is 49.2 cm³/mol. The molecule has 0 fully saturated rings. The van der Waals surface area contributed by atoms with Crippen LogP contribution in [0.2, 0.25) is 0 Å². The number of carbonyl (C=O) groups excluding carboxylic acids is 1. The quantitative estimate of drug-likeness (QED) is 0.672. The van der Waals surface area contributed by atoms with Crippen molar-refractivity contribution in [2.45, 2.75) is 19.3 Å². The summed E-state index contributed by atoms with van der Waals surface area (Å²) >= 11 is 0. The maximum Gasteiger partial charge on any atom is 0.573 e. The number of halogens is 5. The van der Waals surface area contributed by atoms with Gasteiger partial charge in [0.1, 0.15) is 11.4 Å². The zero-order chi connectivity index (χ0) is 13.9. The SMILES string of the molecule is NCc1c(C(F)F)ncc(C=O)c1OC(F)(F)F. The first-order valence-corrected chi connectivity index (χ1v) is 4.51. The molecule has 0 unspecified atom stereocenters. The van der Waals surface area contributed by atoms with Gasteiger partial charge in [-0.2, -0.15) is 0 Å². The molecule has 0 saturated heterocycles. The molecule has 1 rings (SSSR count). The molecule has 0 aliphatic rings. The predicted octanol–water partition coefficient (Wildman–Crippen LogP) is 2.19. The van der Waals surface area contributed by atoms with Gasteiger partial charge in [0.15, 0.2) is 6.29 Å². The molecular formula is C9H7F5N2O2. The van der Waals surface area contributed by atoms with E-state index in [-0.39, 0.29) is 6.29 Å². The second kappa shape index (κ2) is 5.25. The van der Waals surface area contributed by atoms with Crippen LogP contribution in [0, 0.1) is 0 Å². The molecule has 0 bridgehead atoms. The van der Waals surface area contributed by atoms with Crippen LogP contribution in [0.3, 0.4) is 0 Å². The van der Waals surface area contributed by atoms with Crippen LogP contribution in [0.4, 0.5) is 22.0 Å². The Balaban J connectivity index is 3.41. The molecule has 0 saturated carbocycles. The highest BCUT2D eigenvalue weighted by atomic mass is 19.4. The lowest BCUT2D eigenvalue weighted by molar-refractivity contribution is -0.275. The van der Waals surface area contributed by atoms with E-state index >= 15 is 0 Å². The Morgan fingerprint density at radius 1 is 1.44 bits per heavy atom. The average Bonchev–Trinajstić information content (AvgIpc) is 2.26. The second-order valence-corrected chi connectivity index (χ2v) is 3.08. The van der Waals surface area contributed by atoms with Crippen LogP contribution >= 0.6 is 0 Å². The molecule has 100 valence electrons. The van der Waals surface area contributed by atoms with Gasteiger partial charge < -0.3 is 10.5 Å². The van der Waals surface area contributed by atoms with Crippen molar-refractivity contribution in [1.29, 1.82) is 0 Å². The van der Waals surface area contributed by atoms with Crippen LogP contribution in [0.25, 0.3) is 0 Å². The van der Waals surface area contributed by atoms with E-state index in [1.165, 1.54) is 0 Å². The highest BCUT2D eigenvalue weighted by molar-refractivity contribution is 5.80. The van der Waals surface area contributed by atoms with Crippen molar-refractivity contribution in [3.8, 4) is 5.75 Å². The summed E-state index contributed by atoms with van der Waals surface area (Å²) in [6.07, 6.45) is -7.65. The van der Waals surface area contributed by atoms with Crippen LogP contribution in [-0.4, -0.2) is 17.6 Å². The number of nitrogens with zero attached hydrogens (tertiary/aromatic N) is 1. The summed E-state index contributed by atoms with van der Waals surface area (Å²) in [5.74, 6) is -1.04. The number of pyridine rings is 1. The molecule has 0 atom stereocenters. The third kappa shape index (κ3) is 3.13. The van der Waals surface area contributed by atoms with E-state index in [4.69, 9.17) is 5.73 Å². The molecule has 0 aliphatic carbocycles. The second-order valence-electron chi connectivity index (χ2n) is 3.08. The topological polar surface area (TPSA) is 65.2 Å². The fourth-order valence-electron chi connectivity index (χ4n) is 1.27. The number of aromatic nitrogens is 1. The van der Waals surface area contributed by atoms with Crippen molar-refractivity contribution in [1.82, 2.24) is 4.98 Å². The summed E-state index contributed by atoms with van der Waals surface area (Å²) in [5, 5.41) is 0. The number of rotatable bonds is 4. The average molecular weight is 270 g/mol. The van der Waals surface area contributed by atoms with Gasteiger partial charge in [0.25, 0.3) is 6.43 Å². The Morgan fingerprint density at radius 2 is 2.06 bits per heavy atom. The molecule has 1 aromatic heterocycles. The standard InChI is InChI=1S/C9H7F5N2O2/c10-8(11)6-5(1-15)7(18-9(12,13)14)4(3-17)2-16-6/h2-3,8H,1,15H2. The van der Waals surface area contributed by atoms with Crippen molar-refractivity contribution < 1.29 is 31.5 Å². The van der Waals surface area contributed by atoms with Gasteiger partial charge in [-0.1, -0.05) is 0 Å². The Kier molecular flexibility index (Phi) is 4.17. The van der Waals surface area contributed by atoms with Crippen LogP contribution in [0.5, 0.6) is 5.75 Å². The first-order valence-electron chi connectivity index (χ1n) is 4.51. The number of hydrogen-bond donors (Lipinski definition) is 1. The molecule has 4 nitrogen and oxygen atoms in total. The van der Waals surface area contributed by atoms with E-state index in [9.17, 15) is 26.7 Å². The number of carbonyl (C=O) groups is 1. The molecule has 9 heteroatoms. The minimum Gasteiger partial charge on any atom is -0.405 e. The normalized spacial score (nSPS) is 11.7. The van der Waals surface area contributed by atoms with E-state index in [1.807, 2.05) is 0 Å². The maximum absolute atomic E-state index is 12.5. The number of hydrogen-bond acceptors (Lipinski definition) is 4. The summed E-state index contributed by atoms with van der Waals surface area (Å²) < 4.78 is 65.0. The first kappa shape index (κ1) is 14.3. The Hall–Kier alpha value is -1.77. The monoisotopic (exact) mass is 270 g/mol. The Bertz CT molecular complexity index is 447. The van der Waals surface area contributed by atoms with Gasteiger partial charge in [0, 0.05) is 18.3 Å². The van der Waals surface area contributed by atoms with E-state index in [2.05, 4.69) is 9.72 Å². The first-order chi connectivity index (χ1) is 8.30. The van der Waals surface area contributed by atoms with E-state index in [1.54, 1.807) is 0 Å². The summed E-state index contributed by atoms with van der Waals surface area (Å²) in [6.45, 7) is -0.667. The molecule has 0 radical (unpaired) electrons. The minimum absolute atomic E-state index is 0.0164. The molecular weight excluding hydrogens is 263 g/mol. The van der Waals surface area contributed by atoms with Gasteiger partial charge in [0.05, 0.1) is 5.56 Å². The van der Waals surface area contributed by atoms with Crippen molar-refractivity contribution in [3.63, 3.8) is 0 Å². The molecule has 0 spiro atoms. The summed E-state index contributed by atoms with van der Waals surface area (Å²) in [5.41, 5.74) is 2.91. The largest absolute Gasteiger partial charge is 0.573 e. The third-order valence-electron chi connectivity index (χ3n) is 1.94. The highest BCUT2D eigenvalue weighted by Crippen LogP contribution is 2.33. The molecule has 1 heterocycles. The molecule has 0 aromatic carbocycles. The van der Waals surface area contributed by atoms with Crippen LogP contribution in [0.1, 0.15) is 28.0 Å². The number of nitrogens with two attached hydrogens (primary N) is 1. The maximum atomic E-state index is 12.5. The van der Waals surface area contributed by atoms with Crippen molar-refractivity contribution in [2.24, 2.45) is 5.73 Å². The number of aldehydes is 1. The summed E-state index contributed by atoms with van der Waals surface area (Å²) in [7, 11) is 0. The molecule has 18 heavy (non-hydrogen) atoms. The van der Waals surface area contributed by atoms with Gasteiger partial charge in [0.2, 0.25) is 0 Å². The summed E-state index contributed by atoms with van der Waals surface area (Å²) in [4.78, 5) is 13.7. The van der Waals surface area contributed by atoms with E-state index < -0.39 is 41.9 Å². The molecule has 1 aromatic rings. The smallest absolute Gasteiger partial charge is 0.405 e. The van der Waals surface area contributed by atoms with Crippen LogP contribution in [0.15, 0.2) is 6.20 Å². The van der Waals surface area contributed by atoms with Crippen LogP contribution in [-0.2, 0) is 6.54 Å². The minimum atomic E-state index is -5.12. The van der Waals surface area contributed by atoms with E-state index in [0.29, 0.717) is 6.20 Å². The molecule has 0 amide bonds. The lowest BCUT2D eigenvalue weighted by Gasteiger charge is -2.16. The Labute approximate surface area is 97.6 Å². The van der Waals surface area contributed by atoms with Gasteiger partial charge in [-0.25, -0.2) is 8.78 Å². The van der Waals surface area contributed by atoms with Crippen LogP contribution < -0.4 is 10.5 Å². The highest BCUT2D eigenvalue weighted by Gasteiger charge is 2.34. The lowest BCUT2D eigenvalue weighted by atomic mass is 10.1. The van der Waals surface area contributed by atoms with Crippen molar-refractivity contribution >= 4 is 6.29 Å². The Morgan fingerprint density at radius 3 is 2.44 bits per heavy atom. The fourth-order valence-corrected chi connectivity index (χ4v) is 1.27. The van der Waals surface area contributed by atoms with Gasteiger partial charge in [-0.05, 0) is 0 Å². The number of ether oxygens (including phenoxy) is 1. The van der Waals surface area contributed by atoms with Crippen molar-refractivity contribution in [2.75, 3.05) is 0 Å². The third-order valence-corrected chi connectivity index (χ3v) is 1.94. The van der Waals surface area contributed by atoms with E-state index in [0.717, 1.165) is 0 Å². The molecule has 0 aliphatic heterocycles. The van der Waals surface area contributed by atoms with Gasteiger partial charge in [-0.15, -0.1) is 13.2 Å². The molecule has 2 N–H and O–H groups in total. The zero-order valence-corrected chi connectivity index (χ0v) is 8.67. The summed E-state index contributed by atoms with van der Waals surface area (Å²) in [6, 6.07) is 0. The number of alkyl halides is 5. The van der Waals surface area contributed by atoms with Gasteiger partial charge >= 0.3 is 6.36 Å².